The van der Waals surface area contributed by atoms with Crippen LogP contribution < -0.4 is 10.1 Å². The van der Waals surface area contributed by atoms with Gasteiger partial charge in [0.05, 0.1) is 11.0 Å². The van der Waals surface area contributed by atoms with E-state index in [2.05, 4.69) is 11.9 Å². The Kier molecular flexibility index (Phi) is 4.29. The van der Waals surface area contributed by atoms with Crippen LogP contribution in [0.2, 0.25) is 0 Å². The van der Waals surface area contributed by atoms with Crippen molar-refractivity contribution < 1.29 is 18.4 Å². The number of hydrogen-bond donors (Lipinski definition) is 1. The average Bonchev–Trinajstić information content (AvgIpc) is 3.20. The van der Waals surface area contributed by atoms with Crippen molar-refractivity contribution in [1.82, 2.24) is 5.32 Å². The molecule has 108 valence electrons. The first-order chi connectivity index (χ1) is 9.47. The number of benzene rings is 1. The maximum Gasteiger partial charge on any atom is 0.307 e. The molecule has 1 aromatic carbocycles. The maximum atomic E-state index is 13.5. The number of nitrogens with one attached hydrogen (secondary N) is 1. The predicted molar refractivity (Wildman–Crippen MR) is 68.7 cm³/mol. The van der Waals surface area contributed by atoms with Gasteiger partial charge in [0.25, 0.3) is 0 Å². The summed E-state index contributed by atoms with van der Waals surface area (Å²) in [5, 5.41) is 13.6. The highest BCUT2D eigenvalue weighted by Crippen LogP contribution is 2.26. The molecular formula is C13H14F2N2O3. The standard InChI is InChI=1S/C13H14F2N2O3/c1-8(6-16-9-2-3-9)7-20-13-5-10(14)12(17(18)19)4-11(13)15/h4-5,9,16H,1-3,6-7H2. The highest BCUT2D eigenvalue weighted by atomic mass is 19.1. The number of halogens is 2. The number of rotatable bonds is 7. The molecule has 1 N–H and O–H groups in total. The molecule has 0 heterocycles. The average molecular weight is 284 g/mol. The second-order valence-corrected chi connectivity index (χ2v) is 4.69. The van der Waals surface area contributed by atoms with E-state index in [9.17, 15) is 18.9 Å². The molecule has 1 aliphatic carbocycles. The molecule has 7 heteroatoms. The van der Waals surface area contributed by atoms with Crippen molar-refractivity contribution in [1.29, 1.82) is 0 Å². The Morgan fingerprint density at radius 3 is 2.75 bits per heavy atom. The van der Waals surface area contributed by atoms with Crippen molar-refractivity contribution in [3.8, 4) is 5.75 Å². The van der Waals surface area contributed by atoms with Gasteiger partial charge in [-0.15, -0.1) is 0 Å². The highest BCUT2D eigenvalue weighted by Gasteiger charge is 2.21. The van der Waals surface area contributed by atoms with Crippen LogP contribution in [-0.2, 0) is 0 Å². The third-order valence-corrected chi connectivity index (χ3v) is 2.85. The SMILES string of the molecule is C=C(CNC1CC1)COc1cc(F)c([N+](=O)[O-])cc1F. The number of hydrogen-bond acceptors (Lipinski definition) is 4. The molecule has 1 aromatic rings. The monoisotopic (exact) mass is 284 g/mol. The lowest BCUT2D eigenvalue weighted by Crippen LogP contribution is -2.21. The minimum absolute atomic E-state index is 0.0217. The quantitative estimate of drug-likeness (QED) is 0.475. The minimum Gasteiger partial charge on any atom is -0.486 e. The van der Waals surface area contributed by atoms with Crippen LogP contribution in [0.25, 0.3) is 0 Å². The second-order valence-electron chi connectivity index (χ2n) is 4.69. The zero-order valence-electron chi connectivity index (χ0n) is 10.7. The molecule has 0 unspecified atom stereocenters. The summed E-state index contributed by atoms with van der Waals surface area (Å²) in [6.45, 7) is 4.32. The molecule has 0 bridgehead atoms. The number of nitrogens with zero attached hydrogens (tertiary/aromatic N) is 1. The van der Waals surface area contributed by atoms with E-state index < -0.39 is 22.2 Å². The molecule has 0 aromatic heterocycles. The predicted octanol–water partition coefficient (Wildman–Crippen LogP) is 2.56. The van der Waals surface area contributed by atoms with E-state index in [1.165, 1.54) is 0 Å². The summed E-state index contributed by atoms with van der Waals surface area (Å²) in [6, 6.07) is 1.70. The highest BCUT2D eigenvalue weighted by molar-refractivity contribution is 5.39. The molecular weight excluding hydrogens is 270 g/mol. The fourth-order valence-electron chi connectivity index (χ4n) is 1.58. The van der Waals surface area contributed by atoms with Gasteiger partial charge in [-0.25, -0.2) is 4.39 Å². The van der Waals surface area contributed by atoms with E-state index >= 15 is 0 Å². The van der Waals surface area contributed by atoms with Gasteiger partial charge in [-0.1, -0.05) is 6.58 Å². The molecule has 0 spiro atoms. The van der Waals surface area contributed by atoms with E-state index in [1.54, 1.807) is 0 Å². The van der Waals surface area contributed by atoms with E-state index in [1.807, 2.05) is 0 Å². The van der Waals surface area contributed by atoms with E-state index in [0.717, 1.165) is 12.8 Å². The fraction of sp³-hybridized carbons (Fsp3) is 0.385. The molecule has 0 aliphatic heterocycles. The topological polar surface area (TPSA) is 64.4 Å². The smallest absolute Gasteiger partial charge is 0.307 e. The third-order valence-electron chi connectivity index (χ3n) is 2.85. The zero-order chi connectivity index (χ0) is 14.7. The Bertz CT molecular complexity index is 545. The molecule has 0 atom stereocenters. The zero-order valence-corrected chi connectivity index (χ0v) is 10.7. The van der Waals surface area contributed by atoms with Gasteiger partial charge in [0.2, 0.25) is 5.82 Å². The first-order valence-electron chi connectivity index (χ1n) is 6.13. The first kappa shape index (κ1) is 14.4. The molecule has 20 heavy (non-hydrogen) atoms. The normalized spacial score (nSPS) is 14.1. The van der Waals surface area contributed by atoms with Crippen LogP contribution in [0.15, 0.2) is 24.3 Å². The van der Waals surface area contributed by atoms with Gasteiger partial charge in [0.15, 0.2) is 11.6 Å². The van der Waals surface area contributed by atoms with Crippen molar-refractivity contribution in [2.75, 3.05) is 13.2 Å². The molecule has 1 fully saturated rings. The van der Waals surface area contributed by atoms with E-state index in [0.29, 0.717) is 30.3 Å². The largest absolute Gasteiger partial charge is 0.486 e. The van der Waals surface area contributed by atoms with Gasteiger partial charge in [0, 0.05) is 18.7 Å². The Hall–Kier alpha value is -2.02. The summed E-state index contributed by atoms with van der Waals surface area (Å²) in [4.78, 5) is 9.46. The van der Waals surface area contributed by atoms with E-state index in [4.69, 9.17) is 4.74 Å². The molecule has 0 amide bonds. The summed E-state index contributed by atoms with van der Waals surface area (Å²) < 4.78 is 32.0. The number of ether oxygens (including phenoxy) is 1. The fourth-order valence-corrected chi connectivity index (χ4v) is 1.58. The Morgan fingerprint density at radius 1 is 1.45 bits per heavy atom. The summed E-state index contributed by atoms with van der Waals surface area (Å²) in [6.07, 6.45) is 2.27. The second kappa shape index (κ2) is 5.96. The van der Waals surface area contributed by atoms with Gasteiger partial charge < -0.3 is 10.1 Å². The molecule has 1 saturated carbocycles. The van der Waals surface area contributed by atoms with Crippen LogP contribution in [0.3, 0.4) is 0 Å². The summed E-state index contributed by atoms with van der Waals surface area (Å²) >= 11 is 0. The Morgan fingerprint density at radius 2 is 2.15 bits per heavy atom. The number of nitro groups is 1. The van der Waals surface area contributed by atoms with Crippen molar-refractivity contribution in [3.63, 3.8) is 0 Å². The molecule has 1 aliphatic rings. The van der Waals surface area contributed by atoms with Crippen molar-refractivity contribution >= 4 is 5.69 Å². The van der Waals surface area contributed by atoms with Crippen LogP contribution in [0.5, 0.6) is 5.75 Å². The van der Waals surface area contributed by atoms with Crippen LogP contribution >= 0.6 is 0 Å². The lowest BCUT2D eigenvalue weighted by Gasteiger charge is -2.10. The van der Waals surface area contributed by atoms with Gasteiger partial charge in [-0.05, 0) is 18.4 Å². The molecule has 2 rings (SSSR count). The number of nitro benzene ring substituents is 1. The minimum atomic E-state index is -1.13. The van der Waals surface area contributed by atoms with Gasteiger partial charge >= 0.3 is 5.69 Å². The van der Waals surface area contributed by atoms with Crippen LogP contribution in [0.4, 0.5) is 14.5 Å². The maximum absolute atomic E-state index is 13.5. The first-order valence-corrected chi connectivity index (χ1v) is 6.13. The van der Waals surface area contributed by atoms with Gasteiger partial charge in [-0.2, -0.15) is 4.39 Å². The summed E-state index contributed by atoms with van der Waals surface area (Å²) in [7, 11) is 0. The lowest BCUT2D eigenvalue weighted by molar-refractivity contribution is -0.387. The van der Waals surface area contributed by atoms with Crippen molar-refractivity contribution in [3.05, 3.63) is 46.0 Å². The third kappa shape index (κ3) is 3.74. The Labute approximate surface area is 114 Å². The van der Waals surface area contributed by atoms with E-state index in [-0.39, 0.29) is 12.4 Å². The summed E-state index contributed by atoms with van der Waals surface area (Å²) in [5.41, 5.74) is -0.223. The van der Waals surface area contributed by atoms with Gasteiger partial charge in [0.1, 0.15) is 6.61 Å². The van der Waals surface area contributed by atoms with Crippen LogP contribution in [0.1, 0.15) is 12.8 Å². The molecule has 5 nitrogen and oxygen atoms in total. The molecule has 0 saturated heterocycles. The van der Waals surface area contributed by atoms with Crippen LogP contribution in [0, 0.1) is 21.7 Å². The Balaban J connectivity index is 1.93. The summed E-state index contributed by atoms with van der Waals surface area (Å²) in [5.74, 6) is -2.46. The van der Waals surface area contributed by atoms with Crippen molar-refractivity contribution in [2.24, 2.45) is 0 Å². The lowest BCUT2D eigenvalue weighted by atomic mass is 10.2. The molecule has 0 radical (unpaired) electrons. The van der Waals surface area contributed by atoms with Crippen molar-refractivity contribution in [2.45, 2.75) is 18.9 Å². The van der Waals surface area contributed by atoms with Crippen LogP contribution in [-0.4, -0.2) is 24.1 Å². The van der Waals surface area contributed by atoms with Gasteiger partial charge in [-0.3, -0.25) is 10.1 Å².